The third-order valence-electron chi connectivity index (χ3n) is 2.64. The van der Waals surface area contributed by atoms with E-state index in [0.29, 0.717) is 18.7 Å². The van der Waals surface area contributed by atoms with E-state index in [9.17, 15) is 13.2 Å². The van der Waals surface area contributed by atoms with E-state index in [1.54, 1.807) is 7.05 Å². The molecule has 0 amide bonds. The largest absolute Gasteiger partial charge is 0.417 e. The van der Waals surface area contributed by atoms with E-state index in [0.717, 1.165) is 11.9 Å². The standard InChI is InChI=1S/C11H11ClF3N3/c1-16-10-4-5-18(17-10)7-2-3-9(12)8(6-7)11(13,14)15/h2-3,6H,4-5H2,1H3,(H,16,17). The molecule has 1 aromatic rings. The minimum atomic E-state index is -4.46. The van der Waals surface area contributed by atoms with Crippen LogP contribution in [0.5, 0.6) is 0 Å². The number of hydrogen-bond donors (Lipinski definition) is 1. The van der Waals surface area contributed by atoms with Gasteiger partial charge in [-0.2, -0.15) is 18.3 Å². The third kappa shape index (κ3) is 2.53. The monoisotopic (exact) mass is 277 g/mol. The number of alkyl halides is 3. The Balaban J connectivity index is 2.34. The van der Waals surface area contributed by atoms with Gasteiger partial charge in [-0.15, -0.1) is 0 Å². The summed E-state index contributed by atoms with van der Waals surface area (Å²) in [6.07, 6.45) is -3.77. The van der Waals surface area contributed by atoms with Crippen molar-refractivity contribution in [2.75, 3.05) is 18.6 Å². The van der Waals surface area contributed by atoms with Gasteiger partial charge in [-0.1, -0.05) is 11.6 Å². The molecule has 1 heterocycles. The Morgan fingerprint density at radius 2 is 2.11 bits per heavy atom. The van der Waals surface area contributed by atoms with Crippen molar-refractivity contribution in [3.8, 4) is 0 Å². The van der Waals surface area contributed by atoms with Gasteiger partial charge in [-0.3, -0.25) is 5.01 Å². The lowest BCUT2D eigenvalue weighted by molar-refractivity contribution is -0.137. The minimum Gasteiger partial charge on any atom is -0.375 e. The first-order chi connectivity index (χ1) is 8.41. The molecule has 7 heteroatoms. The molecular weight excluding hydrogens is 267 g/mol. The van der Waals surface area contributed by atoms with Gasteiger partial charge in [0.1, 0.15) is 5.84 Å². The molecule has 0 atom stereocenters. The first kappa shape index (κ1) is 13.0. The molecule has 98 valence electrons. The van der Waals surface area contributed by atoms with Gasteiger partial charge in [0.05, 0.1) is 16.3 Å². The Labute approximate surface area is 107 Å². The quantitative estimate of drug-likeness (QED) is 0.854. The van der Waals surface area contributed by atoms with Crippen LogP contribution in [0.1, 0.15) is 12.0 Å². The van der Waals surface area contributed by atoms with Crippen molar-refractivity contribution in [2.45, 2.75) is 12.6 Å². The molecule has 1 aliphatic heterocycles. The molecule has 0 spiro atoms. The highest BCUT2D eigenvalue weighted by Gasteiger charge is 2.34. The Bertz CT molecular complexity index is 485. The van der Waals surface area contributed by atoms with Crippen molar-refractivity contribution in [1.82, 2.24) is 5.32 Å². The molecule has 0 fully saturated rings. The van der Waals surface area contributed by atoms with Gasteiger partial charge in [-0.05, 0) is 18.2 Å². The summed E-state index contributed by atoms with van der Waals surface area (Å²) in [5.41, 5.74) is -0.452. The fourth-order valence-corrected chi connectivity index (χ4v) is 1.94. The summed E-state index contributed by atoms with van der Waals surface area (Å²) in [5, 5.41) is 8.26. The van der Waals surface area contributed by atoms with Crippen LogP contribution in [0.2, 0.25) is 5.02 Å². The lowest BCUT2D eigenvalue weighted by Crippen LogP contribution is -2.15. The number of hydrazone groups is 1. The van der Waals surface area contributed by atoms with Gasteiger partial charge < -0.3 is 5.32 Å². The highest BCUT2D eigenvalue weighted by molar-refractivity contribution is 6.31. The van der Waals surface area contributed by atoms with Crippen LogP contribution < -0.4 is 10.3 Å². The van der Waals surface area contributed by atoms with Crippen molar-refractivity contribution < 1.29 is 13.2 Å². The average Bonchev–Trinajstić information content (AvgIpc) is 2.76. The summed E-state index contributed by atoms with van der Waals surface area (Å²) in [5.74, 6) is 0.749. The second-order valence-corrected chi connectivity index (χ2v) is 4.24. The molecule has 0 aromatic heterocycles. The Kier molecular flexibility index (Phi) is 3.38. The number of anilines is 1. The summed E-state index contributed by atoms with van der Waals surface area (Å²) < 4.78 is 38.1. The SMILES string of the molecule is CNC1=NN(c2ccc(Cl)c(C(F)(F)F)c2)CC1. The van der Waals surface area contributed by atoms with E-state index in [1.165, 1.54) is 17.1 Å². The van der Waals surface area contributed by atoms with Gasteiger partial charge in [0, 0.05) is 20.0 Å². The van der Waals surface area contributed by atoms with Crippen molar-refractivity contribution in [1.29, 1.82) is 0 Å². The Morgan fingerprint density at radius 3 is 2.67 bits per heavy atom. The number of nitrogens with zero attached hydrogens (tertiary/aromatic N) is 2. The summed E-state index contributed by atoms with van der Waals surface area (Å²) in [6.45, 7) is 0.551. The minimum absolute atomic E-state index is 0.303. The van der Waals surface area contributed by atoms with E-state index in [2.05, 4.69) is 10.4 Å². The normalized spacial score (nSPS) is 15.8. The summed E-state index contributed by atoms with van der Waals surface area (Å²) >= 11 is 5.56. The van der Waals surface area contributed by atoms with Crippen LogP contribution in [0.15, 0.2) is 23.3 Å². The van der Waals surface area contributed by atoms with E-state index < -0.39 is 11.7 Å². The molecule has 3 nitrogen and oxygen atoms in total. The number of benzene rings is 1. The molecular formula is C11H11ClF3N3. The zero-order chi connectivity index (χ0) is 13.3. The van der Waals surface area contributed by atoms with Crippen molar-refractivity contribution in [3.63, 3.8) is 0 Å². The van der Waals surface area contributed by atoms with E-state index >= 15 is 0 Å². The van der Waals surface area contributed by atoms with Crippen LogP contribution in [0.3, 0.4) is 0 Å². The number of nitrogens with one attached hydrogen (secondary N) is 1. The van der Waals surface area contributed by atoms with Crippen LogP contribution in [-0.4, -0.2) is 19.4 Å². The second kappa shape index (κ2) is 4.68. The first-order valence-corrected chi connectivity index (χ1v) is 5.69. The molecule has 1 N–H and O–H groups in total. The predicted molar refractivity (Wildman–Crippen MR) is 64.9 cm³/mol. The van der Waals surface area contributed by atoms with Gasteiger partial charge in [0.2, 0.25) is 0 Å². The summed E-state index contributed by atoms with van der Waals surface area (Å²) in [6, 6.07) is 3.79. The van der Waals surface area contributed by atoms with Gasteiger partial charge in [-0.25, -0.2) is 0 Å². The maximum atomic E-state index is 12.7. The molecule has 1 aliphatic rings. The topological polar surface area (TPSA) is 27.6 Å². The lowest BCUT2D eigenvalue weighted by atomic mass is 10.2. The number of hydrogen-bond acceptors (Lipinski definition) is 3. The maximum Gasteiger partial charge on any atom is 0.417 e. The molecule has 2 rings (SSSR count). The molecule has 0 saturated carbocycles. The third-order valence-corrected chi connectivity index (χ3v) is 2.97. The number of amidine groups is 1. The highest BCUT2D eigenvalue weighted by Crippen LogP contribution is 2.37. The van der Waals surface area contributed by atoms with Crippen molar-refractivity contribution >= 4 is 23.1 Å². The van der Waals surface area contributed by atoms with E-state index in [-0.39, 0.29) is 5.02 Å². The predicted octanol–water partition coefficient (Wildman–Crippen LogP) is 3.10. The molecule has 0 saturated heterocycles. The molecule has 0 aliphatic carbocycles. The fraction of sp³-hybridized carbons (Fsp3) is 0.364. The number of halogens is 4. The summed E-state index contributed by atoms with van der Waals surface area (Å²) in [7, 11) is 1.73. The molecule has 0 radical (unpaired) electrons. The van der Waals surface area contributed by atoms with Gasteiger partial charge in [0.15, 0.2) is 0 Å². The molecule has 18 heavy (non-hydrogen) atoms. The van der Waals surface area contributed by atoms with E-state index in [1.807, 2.05) is 0 Å². The van der Waals surface area contributed by atoms with Crippen molar-refractivity contribution in [3.05, 3.63) is 28.8 Å². The van der Waals surface area contributed by atoms with Gasteiger partial charge >= 0.3 is 6.18 Å². The van der Waals surface area contributed by atoms with E-state index in [4.69, 9.17) is 11.6 Å². The molecule has 0 bridgehead atoms. The maximum absolute atomic E-state index is 12.7. The lowest BCUT2D eigenvalue weighted by Gasteiger charge is -2.16. The van der Waals surface area contributed by atoms with Crippen LogP contribution in [0.25, 0.3) is 0 Å². The van der Waals surface area contributed by atoms with Crippen LogP contribution in [-0.2, 0) is 6.18 Å². The zero-order valence-electron chi connectivity index (χ0n) is 9.55. The van der Waals surface area contributed by atoms with Crippen LogP contribution >= 0.6 is 11.6 Å². The smallest absolute Gasteiger partial charge is 0.375 e. The van der Waals surface area contributed by atoms with Crippen LogP contribution in [0.4, 0.5) is 18.9 Å². The average molecular weight is 278 g/mol. The van der Waals surface area contributed by atoms with Crippen molar-refractivity contribution in [2.24, 2.45) is 5.10 Å². The fourth-order valence-electron chi connectivity index (χ4n) is 1.71. The highest BCUT2D eigenvalue weighted by atomic mass is 35.5. The zero-order valence-corrected chi connectivity index (χ0v) is 10.3. The first-order valence-electron chi connectivity index (χ1n) is 5.31. The molecule has 1 aromatic carbocycles. The van der Waals surface area contributed by atoms with Crippen LogP contribution in [0, 0.1) is 0 Å². The number of rotatable bonds is 1. The Hall–Kier alpha value is -1.43. The second-order valence-electron chi connectivity index (χ2n) is 3.83. The van der Waals surface area contributed by atoms with Gasteiger partial charge in [0.25, 0.3) is 0 Å². The molecule has 0 unspecified atom stereocenters. The Morgan fingerprint density at radius 1 is 1.39 bits per heavy atom. The summed E-state index contributed by atoms with van der Waals surface area (Å²) in [4.78, 5) is 0.